The molecule has 0 aliphatic carbocycles. The summed E-state index contributed by atoms with van der Waals surface area (Å²) in [5, 5.41) is 2.53. The summed E-state index contributed by atoms with van der Waals surface area (Å²) in [6.45, 7) is 2.68. The van der Waals surface area contributed by atoms with Crippen LogP contribution in [0.3, 0.4) is 0 Å². The molecule has 0 fully saturated rings. The van der Waals surface area contributed by atoms with Crippen molar-refractivity contribution in [2.75, 3.05) is 24.7 Å². The van der Waals surface area contributed by atoms with E-state index in [9.17, 15) is 9.59 Å². The summed E-state index contributed by atoms with van der Waals surface area (Å²) in [5.41, 5.74) is 6.05. The quantitative estimate of drug-likeness (QED) is 0.264. The van der Waals surface area contributed by atoms with E-state index in [0.29, 0.717) is 31.0 Å². The van der Waals surface area contributed by atoms with Gasteiger partial charge in [0.25, 0.3) is 0 Å². The highest BCUT2D eigenvalue weighted by Gasteiger charge is 1.98. The average Bonchev–Trinajstić information content (AvgIpc) is 2.17. The van der Waals surface area contributed by atoms with Crippen LogP contribution in [0.5, 0.6) is 0 Å². The van der Waals surface area contributed by atoms with Crippen molar-refractivity contribution in [1.29, 1.82) is 0 Å². The Morgan fingerprint density at radius 1 is 1.60 bits per heavy atom. The molecular weight excluding hydrogens is 216 g/mol. The minimum atomic E-state index is -0.415. The molecule has 0 saturated carbocycles. The summed E-state index contributed by atoms with van der Waals surface area (Å²) in [7, 11) is 0. The first kappa shape index (κ1) is 13.8. The molecule has 0 aromatic carbocycles. The van der Waals surface area contributed by atoms with Gasteiger partial charge in [-0.25, -0.2) is 4.79 Å². The molecule has 0 atom stereocenters. The van der Waals surface area contributed by atoms with E-state index in [1.54, 1.807) is 6.92 Å². The average molecular weight is 232 g/mol. The van der Waals surface area contributed by atoms with Crippen molar-refractivity contribution in [3.63, 3.8) is 0 Å². The first-order valence-corrected chi connectivity index (χ1v) is 5.73. The first-order chi connectivity index (χ1) is 7.20. The third kappa shape index (κ3) is 9.14. The maximum atomic E-state index is 10.9. The number of ether oxygens (including phenoxy) is 1. The second-order valence-electron chi connectivity index (χ2n) is 2.60. The maximum Gasteiger partial charge on any atom is 0.332 e. The lowest BCUT2D eigenvalue weighted by molar-refractivity contribution is -0.137. The van der Waals surface area contributed by atoms with Gasteiger partial charge in [-0.3, -0.25) is 4.79 Å². The number of carbonyl (C=O) groups excluding carboxylic acids is 2. The largest absolute Gasteiger partial charge is 0.463 e. The zero-order valence-corrected chi connectivity index (χ0v) is 9.51. The Kier molecular flexibility index (Phi) is 8.66. The van der Waals surface area contributed by atoms with Gasteiger partial charge in [0.1, 0.15) is 0 Å². The van der Waals surface area contributed by atoms with Gasteiger partial charge in [0, 0.05) is 29.8 Å². The number of rotatable bonds is 8. The molecule has 86 valence electrons. The highest BCUT2D eigenvalue weighted by Crippen LogP contribution is 2.02. The molecule has 0 aliphatic rings. The standard InChI is InChI=1S/C9H16N2O3S/c1-2-14-9(13)5-8(10)6-15-4-3-11-7-12/h5,7H,2-4,6,10H2,1H3,(H,11,12). The van der Waals surface area contributed by atoms with Gasteiger partial charge in [-0.05, 0) is 6.92 Å². The summed E-state index contributed by atoms with van der Waals surface area (Å²) in [5.74, 6) is 0.900. The Bertz CT molecular complexity index is 231. The lowest BCUT2D eigenvalue weighted by Gasteiger charge is -2.02. The molecule has 0 radical (unpaired) electrons. The van der Waals surface area contributed by atoms with Gasteiger partial charge in [-0.15, -0.1) is 0 Å². The first-order valence-electron chi connectivity index (χ1n) is 4.58. The summed E-state index contributed by atoms with van der Waals surface area (Å²) >= 11 is 1.54. The van der Waals surface area contributed by atoms with E-state index in [2.05, 4.69) is 5.32 Å². The van der Waals surface area contributed by atoms with E-state index < -0.39 is 5.97 Å². The molecule has 5 nitrogen and oxygen atoms in total. The Hall–Kier alpha value is -1.17. The highest BCUT2D eigenvalue weighted by atomic mass is 32.2. The summed E-state index contributed by atoms with van der Waals surface area (Å²) in [6.07, 6.45) is 1.93. The second kappa shape index (κ2) is 9.39. The van der Waals surface area contributed by atoms with Crippen LogP contribution in [0, 0.1) is 0 Å². The molecule has 0 aromatic heterocycles. The molecule has 6 heteroatoms. The van der Waals surface area contributed by atoms with Crippen molar-refractivity contribution < 1.29 is 14.3 Å². The van der Waals surface area contributed by atoms with Gasteiger partial charge in [0.15, 0.2) is 0 Å². The van der Waals surface area contributed by atoms with Crippen molar-refractivity contribution in [2.24, 2.45) is 5.73 Å². The van der Waals surface area contributed by atoms with Crippen LogP contribution in [-0.4, -0.2) is 37.0 Å². The lowest BCUT2D eigenvalue weighted by atomic mass is 10.4. The minimum absolute atomic E-state index is 0.346. The minimum Gasteiger partial charge on any atom is -0.463 e. The summed E-state index contributed by atoms with van der Waals surface area (Å²) in [4.78, 5) is 20.8. The summed E-state index contributed by atoms with van der Waals surface area (Å²) in [6, 6.07) is 0. The predicted molar refractivity (Wildman–Crippen MR) is 60.3 cm³/mol. The van der Waals surface area contributed by atoms with Crippen LogP contribution in [0.25, 0.3) is 0 Å². The second-order valence-corrected chi connectivity index (χ2v) is 3.70. The van der Waals surface area contributed by atoms with Gasteiger partial charge >= 0.3 is 5.97 Å². The Labute approximate surface area is 93.4 Å². The fourth-order valence-corrected chi connectivity index (χ4v) is 1.48. The third-order valence-electron chi connectivity index (χ3n) is 1.33. The molecule has 0 heterocycles. The fraction of sp³-hybridized carbons (Fsp3) is 0.556. The number of hydrogen-bond donors (Lipinski definition) is 2. The predicted octanol–water partition coefficient (Wildman–Crippen LogP) is -0.129. The molecular formula is C9H16N2O3S. The lowest BCUT2D eigenvalue weighted by Crippen LogP contribution is -2.15. The monoisotopic (exact) mass is 232 g/mol. The van der Waals surface area contributed by atoms with Crippen molar-refractivity contribution in [1.82, 2.24) is 5.32 Å². The highest BCUT2D eigenvalue weighted by molar-refractivity contribution is 7.99. The van der Waals surface area contributed by atoms with Gasteiger partial charge in [-0.2, -0.15) is 11.8 Å². The van der Waals surface area contributed by atoms with Crippen LogP contribution in [-0.2, 0) is 14.3 Å². The van der Waals surface area contributed by atoms with Crippen LogP contribution in [0.15, 0.2) is 11.8 Å². The van der Waals surface area contributed by atoms with E-state index in [1.165, 1.54) is 17.8 Å². The van der Waals surface area contributed by atoms with Gasteiger partial charge < -0.3 is 15.8 Å². The molecule has 0 unspecified atom stereocenters. The van der Waals surface area contributed by atoms with Crippen LogP contribution < -0.4 is 11.1 Å². The maximum absolute atomic E-state index is 10.9. The smallest absolute Gasteiger partial charge is 0.332 e. The van der Waals surface area contributed by atoms with Crippen molar-refractivity contribution in [2.45, 2.75) is 6.92 Å². The molecule has 0 rings (SSSR count). The number of carbonyl (C=O) groups is 2. The zero-order chi connectivity index (χ0) is 11.5. The number of nitrogens with two attached hydrogens (primary N) is 1. The zero-order valence-electron chi connectivity index (χ0n) is 8.69. The van der Waals surface area contributed by atoms with Gasteiger partial charge in [-0.1, -0.05) is 0 Å². The molecule has 0 aliphatic heterocycles. The SMILES string of the molecule is CCOC(=O)C=C(N)CSCCNC=O. The van der Waals surface area contributed by atoms with Crippen LogP contribution in [0.1, 0.15) is 6.92 Å². The number of esters is 1. The molecule has 0 bridgehead atoms. The Morgan fingerprint density at radius 2 is 2.33 bits per heavy atom. The number of amides is 1. The summed E-state index contributed by atoms with van der Waals surface area (Å²) < 4.78 is 4.69. The Morgan fingerprint density at radius 3 is 2.93 bits per heavy atom. The third-order valence-corrected chi connectivity index (χ3v) is 2.36. The fourth-order valence-electron chi connectivity index (χ4n) is 0.757. The molecule has 0 spiro atoms. The van der Waals surface area contributed by atoms with Crippen molar-refractivity contribution in [3.8, 4) is 0 Å². The van der Waals surface area contributed by atoms with Gasteiger partial charge in [0.05, 0.1) is 6.61 Å². The number of hydrogen-bond acceptors (Lipinski definition) is 5. The molecule has 3 N–H and O–H groups in total. The number of thioether (sulfide) groups is 1. The van der Waals surface area contributed by atoms with Crippen LogP contribution in [0.2, 0.25) is 0 Å². The van der Waals surface area contributed by atoms with E-state index in [4.69, 9.17) is 10.5 Å². The molecule has 1 amide bonds. The van der Waals surface area contributed by atoms with Crippen LogP contribution >= 0.6 is 11.8 Å². The topological polar surface area (TPSA) is 81.4 Å². The van der Waals surface area contributed by atoms with Crippen LogP contribution in [0.4, 0.5) is 0 Å². The van der Waals surface area contributed by atoms with E-state index in [-0.39, 0.29) is 0 Å². The molecule has 15 heavy (non-hydrogen) atoms. The van der Waals surface area contributed by atoms with Crippen molar-refractivity contribution >= 4 is 24.1 Å². The van der Waals surface area contributed by atoms with E-state index in [0.717, 1.165) is 5.75 Å². The van der Waals surface area contributed by atoms with E-state index in [1.807, 2.05) is 0 Å². The number of nitrogens with one attached hydrogen (secondary N) is 1. The Balaban J connectivity index is 3.58. The molecule has 0 saturated heterocycles. The van der Waals surface area contributed by atoms with Gasteiger partial charge in [0.2, 0.25) is 6.41 Å². The normalized spacial score (nSPS) is 10.9. The molecule has 0 aromatic rings. The van der Waals surface area contributed by atoms with E-state index >= 15 is 0 Å². The van der Waals surface area contributed by atoms with Crippen molar-refractivity contribution in [3.05, 3.63) is 11.8 Å².